The van der Waals surface area contributed by atoms with Crippen molar-refractivity contribution in [2.45, 2.75) is 31.6 Å². The van der Waals surface area contributed by atoms with Crippen LogP contribution in [0.1, 0.15) is 26.7 Å². The van der Waals surface area contributed by atoms with Crippen LogP contribution < -0.4 is 9.46 Å². The van der Waals surface area contributed by atoms with Crippen LogP contribution in [0.25, 0.3) is 0 Å². The van der Waals surface area contributed by atoms with Crippen molar-refractivity contribution in [1.29, 1.82) is 0 Å². The van der Waals surface area contributed by atoms with Gasteiger partial charge < -0.3 is 9.64 Å². The Morgan fingerprint density at radius 3 is 2.21 bits per heavy atom. The third kappa shape index (κ3) is 6.06. The number of rotatable bonds is 8. The molecule has 28 heavy (non-hydrogen) atoms. The lowest BCUT2D eigenvalue weighted by atomic mass is 9.92. The predicted octanol–water partition coefficient (Wildman–Crippen LogP) is 4.13. The monoisotopic (exact) mass is 402 g/mol. The number of piperidine rings is 1. The van der Waals surface area contributed by atoms with Crippen LogP contribution in [0.5, 0.6) is 11.5 Å². The molecule has 1 aliphatic rings. The molecule has 1 N–H and O–H groups in total. The van der Waals surface area contributed by atoms with Crippen LogP contribution in [-0.2, 0) is 10.0 Å². The van der Waals surface area contributed by atoms with Crippen LogP contribution >= 0.6 is 0 Å². The Kier molecular flexibility index (Phi) is 7.10. The van der Waals surface area contributed by atoms with Gasteiger partial charge >= 0.3 is 0 Å². The minimum absolute atomic E-state index is 0.258. The van der Waals surface area contributed by atoms with Crippen molar-refractivity contribution in [3.8, 4) is 11.5 Å². The number of benzene rings is 2. The smallest absolute Gasteiger partial charge is 0.240 e. The maximum atomic E-state index is 12.5. The van der Waals surface area contributed by atoms with Gasteiger partial charge in [-0.05, 0) is 67.6 Å². The van der Waals surface area contributed by atoms with Gasteiger partial charge in [-0.25, -0.2) is 13.1 Å². The normalized spacial score (nSPS) is 20.8. The Hall–Kier alpha value is -1.89. The van der Waals surface area contributed by atoms with Gasteiger partial charge in [0.1, 0.15) is 11.5 Å². The van der Waals surface area contributed by atoms with E-state index in [9.17, 15) is 8.42 Å². The minimum atomic E-state index is -3.50. The van der Waals surface area contributed by atoms with Crippen molar-refractivity contribution < 1.29 is 13.2 Å². The quantitative estimate of drug-likeness (QED) is 0.675. The molecule has 5 nitrogen and oxygen atoms in total. The molecule has 0 saturated carbocycles. The number of likely N-dealkylation sites (tertiary alicyclic amines) is 1. The van der Waals surface area contributed by atoms with E-state index in [4.69, 9.17) is 4.74 Å². The molecule has 0 unspecified atom stereocenters. The first kappa shape index (κ1) is 20.8. The Morgan fingerprint density at radius 2 is 1.57 bits per heavy atom. The first-order valence-corrected chi connectivity index (χ1v) is 11.5. The van der Waals surface area contributed by atoms with E-state index >= 15 is 0 Å². The number of nitrogens with zero attached hydrogens (tertiary/aromatic N) is 1. The van der Waals surface area contributed by atoms with Gasteiger partial charge in [-0.15, -0.1) is 0 Å². The van der Waals surface area contributed by atoms with Crippen LogP contribution in [0.2, 0.25) is 0 Å². The summed E-state index contributed by atoms with van der Waals surface area (Å²) >= 11 is 0. The van der Waals surface area contributed by atoms with Gasteiger partial charge in [-0.1, -0.05) is 32.0 Å². The second kappa shape index (κ2) is 9.54. The molecule has 2 aromatic carbocycles. The molecule has 1 saturated heterocycles. The lowest BCUT2D eigenvalue weighted by Crippen LogP contribution is -2.40. The fourth-order valence-corrected chi connectivity index (χ4v) is 4.95. The molecular formula is C22H30N2O3S. The molecule has 1 heterocycles. The van der Waals surface area contributed by atoms with E-state index in [0.29, 0.717) is 12.3 Å². The molecule has 0 bridgehead atoms. The number of hydrogen-bond acceptors (Lipinski definition) is 4. The highest BCUT2D eigenvalue weighted by atomic mass is 32.2. The number of hydrogen-bond donors (Lipinski definition) is 1. The number of para-hydroxylation sites is 1. The molecule has 152 valence electrons. The molecule has 0 aliphatic carbocycles. The van der Waals surface area contributed by atoms with Gasteiger partial charge in [0, 0.05) is 19.6 Å². The van der Waals surface area contributed by atoms with Gasteiger partial charge in [0.2, 0.25) is 10.0 Å². The Morgan fingerprint density at radius 1 is 0.964 bits per heavy atom. The summed E-state index contributed by atoms with van der Waals surface area (Å²) in [5, 5.41) is 0. The Balaban J connectivity index is 1.47. The Bertz CT molecular complexity index is 828. The van der Waals surface area contributed by atoms with Crippen LogP contribution in [-0.4, -0.2) is 39.5 Å². The van der Waals surface area contributed by atoms with Crippen molar-refractivity contribution >= 4 is 10.0 Å². The lowest BCUT2D eigenvalue weighted by molar-refractivity contribution is 0.140. The average Bonchev–Trinajstić information content (AvgIpc) is 2.66. The maximum absolute atomic E-state index is 12.5. The Labute approximate surface area is 168 Å². The summed E-state index contributed by atoms with van der Waals surface area (Å²) < 4.78 is 33.4. The van der Waals surface area contributed by atoms with E-state index in [1.165, 1.54) is 6.42 Å². The second-order valence-corrected chi connectivity index (χ2v) is 9.61. The second-order valence-electron chi connectivity index (χ2n) is 7.84. The molecular weight excluding hydrogens is 372 g/mol. The minimum Gasteiger partial charge on any atom is -0.457 e. The molecule has 2 aromatic rings. The summed E-state index contributed by atoms with van der Waals surface area (Å²) in [6, 6.07) is 15.9. The van der Waals surface area contributed by atoms with Crippen molar-refractivity contribution in [1.82, 2.24) is 9.62 Å². The number of sulfonamides is 1. The van der Waals surface area contributed by atoms with Gasteiger partial charge in [0.25, 0.3) is 0 Å². The van der Waals surface area contributed by atoms with Crippen molar-refractivity contribution in [3.05, 3.63) is 54.6 Å². The van der Waals surface area contributed by atoms with E-state index in [1.807, 2.05) is 30.3 Å². The lowest BCUT2D eigenvalue weighted by Gasteiger charge is -2.34. The van der Waals surface area contributed by atoms with E-state index in [0.717, 1.165) is 43.6 Å². The fraction of sp³-hybridized carbons (Fsp3) is 0.455. The number of ether oxygens (including phenoxy) is 1. The highest BCUT2D eigenvalue weighted by Gasteiger charge is 2.21. The van der Waals surface area contributed by atoms with Crippen molar-refractivity contribution in [2.75, 3.05) is 26.2 Å². The van der Waals surface area contributed by atoms with E-state index in [1.54, 1.807) is 24.3 Å². The zero-order valence-corrected chi connectivity index (χ0v) is 17.5. The first-order valence-electron chi connectivity index (χ1n) is 9.97. The molecule has 1 fully saturated rings. The third-order valence-corrected chi connectivity index (χ3v) is 6.48. The highest BCUT2D eigenvalue weighted by molar-refractivity contribution is 7.89. The summed E-state index contributed by atoms with van der Waals surface area (Å²) in [5.74, 6) is 2.77. The van der Waals surface area contributed by atoms with Gasteiger partial charge in [0.05, 0.1) is 4.90 Å². The standard InChI is InChI=1S/C22H30N2O3S/c1-18-15-19(2)17-24(16-18)14-6-13-23-28(25,26)22-11-9-21(10-12-22)27-20-7-4-3-5-8-20/h3-5,7-12,18-19,23H,6,13-17H2,1-2H3/t18-,19+. The molecule has 2 atom stereocenters. The summed E-state index contributed by atoms with van der Waals surface area (Å²) in [6.45, 7) is 8.18. The topological polar surface area (TPSA) is 58.6 Å². The third-order valence-electron chi connectivity index (χ3n) is 5.00. The largest absolute Gasteiger partial charge is 0.457 e. The zero-order chi connectivity index (χ0) is 20.0. The molecule has 3 rings (SSSR count). The van der Waals surface area contributed by atoms with Crippen LogP contribution in [0.15, 0.2) is 59.5 Å². The fourth-order valence-electron chi connectivity index (χ4n) is 3.88. The van der Waals surface area contributed by atoms with E-state index < -0.39 is 10.0 Å². The predicted molar refractivity (Wildman–Crippen MR) is 112 cm³/mol. The van der Waals surface area contributed by atoms with Crippen molar-refractivity contribution in [2.24, 2.45) is 11.8 Å². The van der Waals surface area contributed by atoms with Gasteiger partial charge in [-0.3, -0.25) is 0 Å². The summed E-state index contributed by atoms with van der Waals surface area (Å²) in [6.07, 6.45) is 2.10. The summed E-state index contributed by atoms with van der Waals surface area (Å²) in [5.41, 5.74) is 0. The van der Waals surface area contributed by atoms with E-state index in [2.05, 4.69) is 23.5 Å². The molecule has 6 heteroatoms. The van der Waals surface area contributed by atoms with Crippen molar-refractivity contribution in [3.63, 3.8) is 0 Å². The SMILES string of the molecule is C[C@@H]1C[C@H](C)CN(CCCNS(=O)(=O)c2ccc(Oc3ccccc3)cc2)C1. The molecule has 0 radical (unpaired) electrons. The first-order chi connectivity index (χ1) is 13.4. The molecule has 0 aromatic heterocycles. The average molecular weight is 403 g/mol. The van der Waals surface area contributed by atoms with Crippen LogP contribution in [0.3, 0.4) is 0 Å². The summed E-state index contributed by atoms with van der Waals surface area (Å²) in [7, 11) is -3.50. The number of nitrogens with one attached hydrogen (secondary N) is 1. The molecule has 0 amide bonds. The maximum Gasteiger partial charge on any atom is 0.240 e. The molecule has 1 aliphatic heterocycles. The zero-order valence-electron chi connectivity index (χ0n) is 16.7. The van der Waals surface area contributed by atoms with Crippen LogP contribution in [0.4, 0.5) is 0 Å². The van der Waals surface area contributed by atoms with Gasteiger partial charge in [-0.2, -0.15) is 0 Å². The van der Waals surface area contributed by atoms with Crippen LogP contribution in [0, 0.1) is 11.8 Å². The van der Waals surface area contributed by atoms with E-state index in [-0.39, 0.29) is 4.90 Å². The molecule has 0 spiro atoms. The van der Waals surface area contributed by atoms with Gasteiger partial charge in [0.15, 0.2) is 0 Å². The highest BCUT2D eigenvalue weighted by Crippen LogP contribution is 2.23. The summed E-state index contributed by atoms with van der Waals surface area (Å²) in [4.78, 5) is 2.70.